The molecule has 11 heteroatoms. The van der Waals surface area contributed by atoms with Gasteiger partial charge in [-0.25, -0.2) is 8.78 Å². The Labute approximate surface area is 199 Å². The second-order valence-corrected chi connectivity index (χ2v) is 9.52. The predicted molar refractivity (Wildman–Crippen MR) is 115 cm³/mol. The molecule has 0 radical (unpaired) electrons. The van der Waals surface area contributed by atoms with Crippen LogP contribution in [0, 0.1) is 23.6 Å². The van der Waals surface area contributed by atoms with Crippen LogP contribution in [0.15, 0.2) is 24.3 Å². The molecule has 0 unspecified atom stereocenters. The maximum atomic E-state index is 15.1. The molecular weight excluding hydrogens is 470 g/mol. The number of nitrogens with one attached hydrogen (secondary N) is 2. The van der Waals surface area contributed by atoms with Gasteiger partial charge in [0.1, 0.15) is 18.5 Å². The normalized spacial score (nSPS) is 26.9. The maximum Gasteiger partial charge on any atom is 0.350 e. The second-order valence-electron chi connectivity index (χ2n) is 9.52. The molecule has 2 N–H and O–H groups in total. The molecule has 3 fully saturated rings. The highest BCUT2D eigenvalue weighted by atomic mass is 19.3. The molecule has 5 atom stereocenters. The lowest BCUT2D eigenvalue weighted by Crippen LogP contribution is -2.55. The Balaban J connectivity index is 1.57. The minimum absolute atomic E-state index is 0.0702. The van der Waals surface area contributed by atoms with E-state index in [0.717, 1.165) is 29.5 Å². The molecule has 35 heavy (non-hydrogen) atoms. The van der Waals surface area contributed by atoms with Crippen molar-refractivity contribution in [3.05, 3.63) is 35.6 Å². The minimum Gasteiger partial charge on any atom is -0.356 e. The molecule has 1 aliphatic carbocycles. The van der Waals surface area contributed by atoms with Crippen molar-refractivity contribution < 1.29 is 36.7 Å². The van der Waals surface area contributed by atoms with E-state index in [9.17, 15) is 28.0 Å². The minimum atomic E-state index is -4.07. The fourth-order valence-corrected chi connectivity index (χ4v) is 5.61. The number of carbonyl (C=O) groups excluding carboxylic acids is 4. The third-order valence-electron chi connectivity index (χ3n) is 7.40. The Hall–Kier alpha value is -2.98. The highest BCUT2D eigenvalue weighted by Crippen LogP contribution is 2.44. The molecule has 3 amide bonds. The van der Waals surface area contributed by atoms with E-state index in [2.05, 4.69) is 10.6 Å². The molecule has 4 rings (SSSR count). The van der Waals surface area contributed by atoms with Crippen molar-refractivity contribution in [3.8, 4) is 0 Å². The number of likely N-dealkylation sites (tertiary alicyclic amines) is 1. The van der Waals surface area contributed by atoms with Crippen molar-refractivity contribution in [3.63, 3.8) is 0 Å². The van der Waals surface area contributed by atoms with Crippen molar-refractivity contribution in [2.45, 2.75) is 50.1 Å². The first-order chi connectivity index (χ1) is 16.6. The summed E-state index contributed by atoms with van der Waals surface area (Å²) in [6, 6.07) is 0.972. The number of amides is 3. The van der Waals surface area contributed by atoms with Crippen LogP contribution < -0.4 is 10.6 Å². The molecule has 1 aromatic carbocycles. The summed E-state index contributed by atoms with van der Waals surface area (Å²) in [5, 5.41) is 5.06. The summed E-state index contributed by atoms with van der Waals surface area (Å²) in [7, 11) is 0. The zero-order valence-electron chi connectivity index (χ0n) is 18.9. The van der Waals surface area contributed by atoms with E-state index in [-0.39, 0.29) is 24.8 Å². The van der Waals surface area contributed by atoms with Crippen molar-refractivity contribution in [2.24, 2.45) is 17.8 Å². The number of halogens is 4. The molecule has 3 aliphatic rings. The number of hydrogen-bond donors (Lipinski definition) is 2. The van der Waals surface area contributed by atoms with Crippen LogP contribution in [-0.2, 0) is 25.1 Å². The Morgan fingerprint density at radius 3 is 2.63 bits per heavy atom. The van der Waals surface area contributed by atoms with Gasteiger partial charge in [0.2, 0.25) is 11.8 Å². The average molecular weight is 497 g/mol. The molecule has 190 valence electrons. The first-order valence-corrected chi connectivity index (χ1v) is 11.7. The van der Waals surface area contributed by atoms with Crippen LogP contribution in [0.2, 0.25) is 0 Å². The Morgan fingerprint density at radius 1 is 1.20 bits per heavy atom. The smallest absolute Gasteiger partial charge is 0.350 e. The molecule has 0 spiro atoms. The van der Waals surface area contributed by atoms with Crippen molar-refractivity contribution in [2.75, 3.05) is 19.8 Å². The number of rotatable bonds is 8. The molecule has 1 aromatic rings. The number of benzene rings is 1. The summed E-state index contributed by atoms with van der Waals surface area (Å²) in [4.78, 5) is 51.3. The third-order valence-corrected chi connectivity index (χ3v) is 7.40. The van der Waals surface area contributed by atoms with Gasteiger partial charge in [-0.3, -0.25) is 19.2 Å². The third kappa shape index (κ3) is 4.90. The molecule has 7 nitrogen and oxygen atoms in total. The highest BCUT2D eigenvalue weighted by Gasteiger charge is 2.55. The van der Waals surface area contributed by atoms with E-state index in [1.54, 1.807) is 0 Å². The summed E-state index contributed by atoms with van der Waals surface area (Å²) < 4.78 is 57.0. The maximum absolute atomic E-state index is 15.1. The van der Waals surface area contributed by atoms with E-state index >= 15 is 8.78 Å². The van der Waals surface area contributed by atoms with Crippen LogP contribution in [0.5, 0.6) is 0 Å². The van der Waals surface area contributed by atoms with Gasteiger partial charge in [0.05, 0.1) is 6.04 Å². The fraction of sp³-hybridized carbons (Fsp3) is 0.583. The summed E-state index contributed by atoms with van der Waals surface area (Å²) in [5.74, 6) is -9.84. The lowest BCUT2D eigenvalue weighted by atomic mass is 9.92. The van der Waals surface area contributed by atoms with Gasteiger partial charge in [-0.1, -0.05) is 18.6 Å². The Bertz CT molecular complexity index is 1020. The summed E-state index contributed by atoms with van der Waals surface area (Å²) in [5.41, 5.74) is -0.823. The van der Waals surface area contributed by atoms with Crippen LogP contribution in [0.25, 0.3) is 0 Å². The van der Waals surface area contributed by atoms with E-state index in [1.807, 2.05) is 0 Å². The zero-order valence-corrected chi connectivity index (χ0v) is 18.9. The predicted octanol–water partition coefficient (Wildman–Crippen LogP) is 2.09. The van der Waals surface area contributed by atoms with Gasteiger partial charge in [0.15, 0.2) is 5.78 Å². The first-order valence-electron chi connectivity index (χ1n) is 11.7. The van der Waals surface area contributed by atoms with Crippen molar-refractivity contribution >= 4 is 23.5 Å². The molecule has 1 saturated carbocycles. The lowest BCUT2D eigenvalue weighted by molar-refractivity contribution is -0.162. The van der Waals surface area contributed by atoms with Crippen LogP contribution in [0.1, 0.15) is 37.7 Å². The number of nitrogens with zero attached hydrogens (tertiary/aromatic N) is 1. The van der Waals surface area contributed by atoms with Gasteiger partial charge in [0, 0.05) is 24.6 Å². The standard InChI is InChI=1S/C24H27F4N3O4/c25-11-19(32)18(9-13-7-8-29-21(13)33)30-22(34)20-17-6-1-3-14(17)12-31(20)23(35)24(27,28)15-4-2-5-16(26)10-15/h2,4-5,10,13-14,17-18,20H,1,3,6-9,11-12H2,(H,29,33)(H,30,34)/t13-,14+,17+,18-,20-/m1/s1. The number of carbonyl (C=O) groups is 4. The average Bonchev–Trinajstić information content (AvgIpc) is 3.53. The SMILES string of the molecule is O=C1NCC[C@@H]1C[C@@H](NC(=O)[C@H]1[C@H]2CCC[C@H]2CN1C(=O)C(F)(F)c1cccc(F)c1)C(=O)CF. The van der Waals surface area contributed by atoms with Gasteiger partial charge in [-0.05, 0) is 49.7 Å². The second kappa shape index (κ2) is 9.94. The molecule has 2 aliphatic heterocycles. The number of hydrogen-bond acceptors (Lipinski definition) is 4. The molecule has 2 heterocycles. The topological polar surface area (TPSA) is 95.6 Å². The van der Waals surface area contributed by atoms with Gasteiger partial charge in [0.25, 0.3) is 5.91 Å². The van der Waals surface area contributed by atoms with E-state index in [1.165, 1.54) is 0 Å². The van der Waals surface area contributed by atoms with Crippen molar-refractivity contribution in [1.29, 1.82) is 0 Å². The van der Waals surface area contributed by atoms with Gasteiger partial charge in [-0.2, -0.15) is 8.78 Å². The van der Waals surface area contributed by atoms with Crippen LogP contribution >= 0.6 is 0 Å². The van der Waals surface area contributed by atoms with E-state index in [0.29, 0.717) is 31.9 Å². The Morgan fingerprint density at radius 2 is 1.97 bits per heavy atom. The number of fused-ring (bicyclic) bond motifs is 1. The van der Waals surface area contributed by atoms with Gasteiger partial charge < -0.3 is 15.5 Å². The number of Topliss-reactive ketones (excluding diaryl/α,β-unsaturated/α-hetero) is 1. The van der Waals surface area contributed by atoms with Crippen LogP contribution in [0.3, 0.4) is 0 Å². The summed E-state index contributed by atoms with van der Waals surface area (Å²) in [6.07, 6.45) is 2.25. The lowest BCUT2D eigenvalue weighted by Gasteiger charge is -2.31. The zero-order chi connectivity index (χ0) is 25.3. The molecule has 2 saturated heterocycles. The summed E-state index contributed by atoms with van der Waals surface area (Å²) in [6.45, 7) is -1.03. The van der Waals surface area contributed by atoms with Crippen LogP contribution in [-0.4, -0.2) is 60.3 Å². The molecule has 0 bridgehead atoms. The van der Waals surface area contributed by atoms with Gasteiger partial charge >= 0.3 is 5.92 Å². The van der Waals surface area contributed by atoms with Crippen molar-refractivity contribution in [1.82, 2.24) is 15.5 Å². The molecule has 0 aromatic heterocycles. The number of ketones is 1. The monoisotopic (exact) mass is 497 g/mol. The first kappa shape index (κ1) is 25.1. The van der Waals surface area contributed by atoms with Gasteiger partial charge in [-0.15, -0.1) is 0 Å². The number of alkyl halides is 3. The fourth-order valence-electron chi connectivity index (χ4n) is 5.61. The largest absolute Gasteiger partial charge is 0.356 e. The molecular formula is C24H27F4N3O4. The van der Waals surface area contributed by atoms with Crippen LogP contribution in [0.4, 0.5) is 17.6 Å². The van der Waals surface area contributed by atoms with E-state index < -0.39 is 65.5 Å². The summed E-state index contributed by atoms with van der Waals surface area (Å²) >= 11 is 0. The van der Waals surface area contributed by atoms with E-state index in [4.69, 9.17) is 0 Å². The Kier molecular flexibility index (Phi) is 7.14. The quantitative estimate of drug-likeness (QED) is 0.538. The highest BCUT2D eigenvalue weighted by molar-refractivity contribution is 5.95.